The van der Waals surface area contributed by atoms with Crippen molar-refractivity contribution in [2.24, 2.45) is 5.73 Å². The fourth-order valence-electron chi connectivity index (χ4n) is 3.50. The van der Waals surface area contributed by atoms with Gasteiger partial charge in [-0.1, -0.05) is 30.3 Å². The number of primary amides is 1. The van der Waals surface area contributed by atoms with Crippen molar-refractivity contribution in [1.82, 2.24) is 4.90 Å². The number of hydrogen-bond donors (Lipinski definition) is 2. The molecule has 1 aromatic carbocycles. The zero-order valence-electron chi connectivity index (χ0n) is 17.0. The topological polar surface area (TPSA) is 108 Å². The minimum atomic E-state index is -0.810. The highest BCUT2D eigenvalue weighted by Crippen LogP contribution is 2.38. The van der Waals surface area contributed by atoms with Crippen LogP contribution in [-0.4, -0.2) is 29.9 Å². The van der Waals surface area contributed by atoms with E-state index in [4.69, 9.17) is 10.5 Å². The summed E-state index contributed by atoms with van der Waals surface area (Å²) in [5.41, 5.74) is 8.12. The van der Waals surface area contributed by atoms with Crippen LogP contribution in [0.1, 0.15) is 40.2 Å². The van der Waals surface area contributed by atoms with E-state index in [0.717, 1.165) is 30.0 Å². The van der Waals surface area contributed by atoms with Crippen LogP contribution in [0.3, 0.4) is 0 Å². The number of thiophene rings is 1. The number of carbonyl (C=O) groups is 2. The van der Waals surface area contributed by atoms with Gasteiger partial charge in [0.05, 0.1) is 12.2 Å². The number of ether oxygens (including phenoxy) is 1. The van der Waals surface area contributed by atoms with E-state index in [0.29, 0.717) is 22.8 Å². The van der Waals surface area contributed by atoms with E-state index in [1.54, 1.807) is 13.8 Å². The van der Waals surface area contributed by atoms with Gasteiger partial charge in [0.2, 0.25) is 0 Å². The zero-order valence-corrected chi connectivity index (χ0v) is 17.8. The Morgan fingerprint density at radius 1 is 1.33 bits per heavy atom. The van der Waals surface area contributed by atoms with Crippen molar-refractivity contribution >= 4 is 28.2 Å². The summed E-state index contributed by atoms with van der Waals surface area (Å²) < 4.78 is 5.27. The number of carbonyl (C=O) groups excluding carboxylic acids is 2. The van der Waals surface area contributed by atoms with Crippen molar-refractivity contribution in [3.05, 3.63) is 63.2 Å². The second-order valence-corrected chi connectivity index (χ2v) is 8.08. The minimum absolute atomic E-state index is 0.165. The quantitative estimate of drug-likeness (QED) is 0.401. The first-order valence-electron chi connectivity index (χ1n) is 9.70. The lowest BCUT2D eigenvalue weighted by molar-refractivity contribution is -0.114. The lowest BCUT2D eigenvalue weighted by Crippen LogP contribution is -2.29. The maximum absolute atomic E-state index is 12.7. The van der Waals surface area contributed by atoms with Crippen LogP contribution in [0.25, 0.3) is 0 Å². The molecule has 0 saturated carbocycles. The van der Waals surface area contributed by atoms with Crippen LogP contribution in [-0.2, 0) is 29.0 Å². The van der Waals surface area contributed by atoms with Gasteiger partial charge in [-0.2, -0.15) is 5.26 Å². The molecule has 1 aliphatic heterocycles. The van der Waals surface area contributed by atoms with E-state index in [1.165, 1.54) is 16.9 Å². The van der Waals surface area contributed by atoms with Gasteiger partial charge in [-0.05, 0) is 31.4 Å². The molecule has 0 spiro atoms. The van der Waals surface area contributed by atoms with Crippen LogP contribution >= 0.6 is 11.3 Å². The van der Waals surface area contributed by atoms with E-state index in [9.17, 15) is 14.9 Å². The molecule has 30 heavy (non-hydrogen) atoms. The Labute approximate surface area is 179 Å². The molecule has 7 nitrogen and oxygen atoms in total. The number of allylic oxidation sites excluding steroid dienone is 1. The normalized spacial score (nSPS) is 14.3. The number of nitrogens with one attached hydrogen (secondary N) is 1. The summed E-state index contributed by atoms with van der Waals surface area (Å²) in [6, 6.07) is 12.1. The molecular formula is C22H24N4O3S. The van der Waals surface area contributed by atoms with Crippen molar-refractivity contribution in [2.75, 3.05) is 18.5 Å². The molecule has 1 aliphatic rings. The largest absolute Gasteiger partial charge is 0.462 e. The van der Waals surface area contributed by atoms with Gasteiger partial charge in [0.25, 0.3) is 5.91 Å². The summed E-state index contributed by atoms with van der Waals surface area (Å²) in [6.45, 7) is 5.99. The van der Waals surface area contributed by atoms with Crippen LogP contribution in [0.2, 0.25) is 0 Å². The van der Waals surface area contributed by atoms with Crippen molar-refractivity contribution in [3.8, 4) is 6.07 Å². The second kappa shape index (κ2) is 9.57. The minimum Gasteiger partial charge on any atom is -0.462 e. The highest BCUT2D eigenvalue weighted by atomic mass is 32.1. The third-order valence-electron chi connectivity index (χ3n) is 4.90. The molecule has 0 fully saturated rings. The number of nitrogens with zero attached hydrogens (tertiary/aromatic N) is 2. The Morgan fingerprint density at radius 3 is 2.70 bits per heavy atom. The predicted molar refractivity (Wildman–Crippen MR) is 116 cm³/mol. The van der Waals surface area contributed by atoms with Crippen molar-refractivity contribution < 1.29 is 14.3 Å². The molecule has 2 heterocycles. The smallest absolute Gasteiger partial charge is 0.341 e. The highest BCUT2D eigenvalue weighted by Gasteiger charge is 2.29. The fraction of sp³-hybridized carbons (Fsp3) is 0.318. The third-order valence-corrected chi connectivity index (χ3v) is 6.03. The molecule has 3 N–H and O–H groups in total. The standard InChI is InChI=1S/C22H24N4O3S/c1-3-29-22(28)19-16-9-10-26(12-15-7-5-4-6-8-15)13-18(16)30-21(19)25-14(2)17(11-23)20(24)27/h4-8,25H,3,9-10,12-13H2,1-2H3,(H2,24,27)/b17-14+. The van der Waals surface area contributed by atoms with Gasteiger partial charge in [-0.15, -0.1) is 11.3 Å². The van der Waals surface area contributed by atoms with Gasteiger partial charge in [0, 0.05) is 30.2 Å². The van der Waals surface area contributed by atoms with Crippen molar-refractivity contribution in [2.45, 2.75) is 33.4 Å². The van der Waals surface area contributed by atoms with Crippen LogP contribution < -0.4 is 11.1 Å². The molecule has 3 rings (SSSR count). The van der Waals surface area contributed by atoms with Gasteiger partial charge in [0.1, 0.15) is 16.6 Å². The molecular weight excluding hydrogens is 400 g/mol. The molecule has 0 atom stereocenters. The second-order valence-electron chi connectivity index (χ2n) is 6.98. The van der Waals surface area contributed by atoms with Gasteiger partial charge in [-0.25, -0.2) is 4.79 Å². The fourth-order valence-corrected chi connectivity index (χ4v) is 4.83. The number of nitriles is 1. The summed E-state index contributed by atoms with van der Waals surface area (Å²) in [7, 11) is 0. The molecule has 0 saturated heterocycles. The summed E-state index contributed by atoms with van der Waals surface area (Å²) in [4.78, 5) is 27.6. The highest BCUT2D eigenvalue weighted by molar-refractivity contribution is 7.16. The van der Waals surface area contributed by atoms with Crippen LogP contribution in [0.4, 0.5) is 5.00 Å². The first-order chi connectivity index (χ1) is 14.4. The summed E-state index contributed by atoms with van der Waals surface area (Å²) in [6.07, 6.45) is 0.720. The van der Waals surface area contributed by atoms with Crippen molar-refractivity contribution in [1.29, 1.82) is 5.26 Å². The average Bonchev–Trinajstić information content (AvgIpc) is 3.06. The van der Waals surface area contributed by atoms with Gasteiger partial charge < -0.3 is 15.8 Å². The number of esters is 1. The van der Waals surface area contributed by atoms with Crippen LogP contribution in [0, 0.1) is 11.3 Å². The van der Waals surface area contributed by atoms with E-state index in [1.807, 2.05) is 24.3 Å². The number of fused-ring (bicyclic) bond motifs is 1. The third kappa shape index (κ3) is 4.70. The molecule has 8 heteroatoms. The number of benzene rings is 1. The Bertz CT molecular complexity index is 1020. The monoisotopic (exact) mass is 424 g/mol. The number of hydrogen-bond acceptors (Lipinski definition) is 7. The first kappa shape index (κ1) is 21.6. The number of rotatable bonds is 7. The Balaban J connectivity index is 1.92. The van der Waals surface area contributed by atoms with Gasteiger partial charge in [-0.3, -0.25) is 9.69 Å². The van der Waals surface area contributed by atoms with Crippen LogP contribution in [0.15, 0.2) is 41.6 Å². The maximum atomic E-state index is 12.7. The van der Waals surface area contributed by atoms with Gasteiger partial charge >= 0.3 is 5.97 Å². The number of nitrogens with two attached hydrogens (primary N) is 1. The predicted octanol–water partition coefficient (Wildman–Crippen LogP) is 3.18. The molecule has 1 amide bonds. The Morgan fingerprint density at radius 2 is 2.07 bits per heavy atom. The summed E-state index contributed by atoms with van der Waals surface area (Å²) in [5, 5.41) is 12.8. The number of amides is 1. The van der Waals surface area contributed by atoms with Crippen LogP contribution in [0.5, 0.6) is 0 Å². The van der Waals surface area contributed by atoms with E-state index >= 15 is 0 Å². The average molecular weight is 425 g/mol. The lowest BCUT2D eigenvalue weighted by atomic mass is 10.0. The van der Waals surface area contributed by atoms with Crippen molar-refractivity contribution in [3.63, 3.8) is 0 Å². The molecule has 0 bridgehead atoms. The number of anilines is 1. The molecule has 0 unspecified atom stereocenters. The first-order valence-corrected chi connectivity index (χ1v) is 10.5. The molecule has 1 aromatic heterocycles. The van der Waals surface area contributed by atoms with E-state index < -0.39 is 11.9 Å². The summed E-state index contributed by atoms with van der Waals surface area (Å²) >= 11 is 1.45. The Kier molecular flexibility index (Phi) is 6.87. The van der Waals surface area contributed by atoms with Gasteiger partial charge in [0.15, 0.2) is 0 Å². The zero-order chi connectivity index (χ0) is 21.7. The lowest BCUT2D eigenvalue weighted by Gasteiger charge is -2.27. The SMILES string of the molecule is CCOC(=O)c1c(N/C(C)=C(\C#N)C(N)=O)sc2c1CCN(Cc1ccccc1)C2. The molecule has 2 aromatic rings. The van der Waals surface area contributed by atoms with E-state index in [2.05, 4.69) is 22.3 Å². The van der Waals surface area contributed by atoms with E-state index in [-0.39, 0.29) is 12.2 Å². The molecule has 0 radical (unpaired) electrons. The maximum Gasteiger partial charge on any atom is 0.341 e. The molecule has 156 valence electrons. The summed E-state index contributed by atoms with van der Waals surface area (Å²) in [5.74, 6) is -1.21. The Hall–Kier alpha value is -3.15. The molecule has 0 aliphatic carbocycles.